The van der Waals surface area contributed by atoms with Crippen LogP contribution in [0.5, 0.6) is 0 Å². The summed E-state index contributed by atoms with van der Waals surface area (Å²) >= 11 is 3.68. The highest BCUT2D eigenvalue weighted by Gasteiger charge is 2.33. The quantitative estimate of drug-likeness (QED) is 0.185. The first-order valence-corrected chi connectivity index (χ1v) is 18.8. The monoisotopic (exact) mass is 689 g/mol. The topological polar surface area (TPSA) is 51.8 Å². The predicted octanol–water partition coefficient (Wildman–Crippen LogP) is 12.7. The van der Waals surface area contributed by atoms with Crippen LogP contribution in [-0.2, 0) is 0 Å². The van der Waals surface area contributed by atoms with E-state index in [0.717, 1.165) is 45.4 Å². The first-order valence-electron chi connectivity index (χ1n) is 17.1. The molecule has 0 radical (unpaired) electrons. The molecule has 0 bridgehead atoms. The molecule has 0 N–H and O–H groups in total. The number of allylic oxidation sites excluding steroid dienone is 1. The standard InChI is InChI=1S/C45H27N3OS2/c1-2-11-26(12-3-1)43-46-44(27-21-24-39-35(25-27)29-14-6-8-19-37(29)50-39)48-45(47-43)34-23-22-30(41-40(34)33-15-4-7-18-36(33)49-41)32-17-10-16-31-28-13-5-9-20-38(28)51-42(31)32/h1-21,23-25,30H,22H2. The highest BCUT2D eigenvalue weighted by molar-refractivity contribution is 7.26. The van der Waals surface area contributed by atoms with E-state index in [4.69, 9.17) is 19.4 Å². The van der Waals surface area contributed by atoms with Gasteiger partial charge in [-0.2, -0.15) is 0 Å². The molecule has 4 aromatic heterocycles. The summed E-state index contributed by atoms with van der Waals surface area (Å²) in [7, 11) is 0. The molecule has 4 nitrogen and oxygen atoms in total. The van der Waals surface area contributed by atoms with Crippen molar-refractivity contribution in [1.82, 2.24) is 15.0 Å². The van der Waals surface area contributed by atoms with E-state index in [1.54, 1.807) is 0 Å². The smallest absolute Gasteiger partial charge is 0.164 e. The van der Waals surface area contributed by atoms with Crippen molar-refractivity contribution < 1.29 is 4.42 Å². The number of hydrogen-bond donors (Lipinski definition) is 0. The molecule has 1 unspecified atom stereocenters. The summed E-state index contributed by atoms with van der Waals surface area (Å²) in [5.74, 6) is 2.98. The van der Waals surface area contributed by atoms with E-state index in [1.165, 1.54) is 45.9 Å². The first-order chi connectivity index (χ1) is 25.3. The maximum Gasteiger partial charge on any atom is 0.164 e. The van der Waals surface area contributed by atoms with Crippen LogP contribution in [0.1, 0.15) is 35.1 Å². The molecule has 1 atom stereocenters. The summed E-state index contributed by atoms with van der Waals surface area (Å²) in [5.41, 5.74) is 6.13. The van der Waals surface area contributed by atoms with Crippen molar-refractivity contribution in [2.45, 2.75) is 12.3 Å². The highest BCUT2D eigenvalue weighted by Crippen LogP contribution is 2.49. The van der Waals surface area contributed by atoms with Gasteiger partial charge in [-0.25, -0.2) is 15.0 Å². The molecule has 10 aromatic rings. The minimum atomic E-state index is 0.0529. The van der Waals surface area contributed by atoms with Crippen LogP contribution in [0.3, 0.4) is 0 Å². The van der Waals surface area contributed by atoms with E-state index in [9.17, 15) is 0 Å². The molecule has 4 heterocycles. The van der Waals surface area contributed by atoms with E-state index < -0.39 is 0 Å². The van der Waals surface area contributed by atoms with Gasteiger partial charge in [0.15, 0.2) is 17.5 Å². The third kappa shape index (κ3) is 4.54. The van der Waals surface area contributed by atoms with Crippen LogP contribution < -0.4 is 0 Å². The minimum absolute atomic E-state index is 0.0529. The van der Waals surface area contributed by atoms with Gasteiger partial charge < -0.3 is 4.42 Å². The zero-order valence-electron chi connectivity index (χ0n) is 27.2. The number of benzene rings is 6. The van der Waals surface area contributed by atoms with Gasteiger partial charge >= 0.3 is 0 Å². The summed E-state index contributed by atoms with van der Waals surface area (Å²) < 4.78 is 12.0. The van der Waals surface area contributed by atoms with Gasteiger partial charge in [0, 0.05) is 73.9 Å². The molecule has 1 aliphatic rings. The van der Waals surface area contributed by atoms with Crippen molar-refractivity contribution in [3.05, 3.63) is 168 Å². The number of thiophene rings is 2. The van der Waals surface area contributed by atoms with Crippen molar-refractivity contribution in [1.29, 1.82) is 0 Å². The number of furan rings is 1. The van der Waals surface area contributed by atoms with Crippen molar-refractivity contribution in [2.75, 3.05) is 0 Å². The fraction of sp³-hybridized carbons (Fsp3) is 0.0444. The lowest BCUT2D eigenvalue weighted by Crippen LogP contribution is -2.10. The van der Waals surface area contributed by atoms with Crippen LogP contribution in [-0.4, -0.2) is 15.0 Å². The van der Waals surface area contributed by atoms with Gasteiger partial charge in [0.25, 0.3) is 0 Å². The van der Waals surface area contributed by atoms with E-state index in [-0.39, 0.29) is 5.92 Å². The number of nitrogens with zero attached hydrogens (tertiary/aromatic N) is 3. The highest BCUT2D eigenvalue weighted by atomic mass is 32.1. The normalized spacial score (nSPS) is 14.5. The van der Waals surface area contributed by atoms with Crippen molar-refractivity contribution in [3.63, 3.8) is 0 Å². The maximum absolute atomic E-state index is 6.84. The second-order valence-electron chi connectivity index (χ2n) is 13.0. The average molecular weight is 690 g/mol. The van der Waals surface area contributed by atoms with Crippen molar-refractivity contribution in [2.24, 2.45) is 0 Å². The fourth-order valence-corrected chi connectivity index (χ4v) is 10.1. The number of para-hydroxylation sites is 1. The molecule has 0 saturated carbocycles. The van der Waals surface area contributed by atoms with Gasteiger partial charge in [-0.15, -0.1) is 22.7 Å². The molecule has 11 rings (SSSR count). The number of hydrogen-bond acceptors (Lipinski definition) is 6. The molecule has 0 amide bonds. The summed E-state index contributed by atoms with van der Waals surface area (Å²) in [6.07, 6.45) is 3.09. The van der Waals surface area contributed by atoms with Gasteiger partial charge in [-0.05, 0) is 48.4 Å². The maximum atomic E-state index is 6.84. The molecule has 0 spiro atoms. The number of aromatic nitrogens is 3. The SMILES string of the molecule is C1=C(c2nc(-c3ccccc3)nc(-c3ccc4sc5ccccc5c4c3)n2)c2c(oc3ccccc23)C(c2cccc3c2sc2ccccc23)C1. The molecule has 6 aromatic carbocycles. The van der Waals surface area contributed by atoms with Crippen molar-refractivity contribution >= 4 is 79.6 Å². The van der Waals surface area contributed by atoms with Gasteiger partial charge in [0.2, 0.25) is 0 Å². The largest absolute Gasteiger partial charge is 0.460 e. The third-order valence-electron chi connectivity index (χ3n) is 10.1. The second kappa shape index (κ2) is 11.3. The number of rotatable bonds is 4. The van der Waals surface area contributed by atoms with Crippen LogP contribution in [0, 0.1) is 0 Å². The minimum Gasteiger partial charge on any atom is -0.460 e. The molecule has 0 aliphatic heterocycles. The lowest BCUT2D eigenvalue weighted by Gasteiger charge is -2.22. The van der Waals surface area contributed by atoms with Crippen molar-refractivity contribution in [3.8, 4) is 22.8 Å². The Morgan fingerprint density at radius 3 is 2.00 bits per heavy atom. The van der Waals surface area contributed by atoms with Gasteiger partial charge in [0.05, 0.1) is 0 Å². The number of fused-ring (bicyclic) bond motifs is 9. The second-order valence-corrected chi connectivity index (χ2v) is 15.2. The van der Waals surface area contributed by atoms with Gasteiger partial charge in [-0.3, -0.25) is 0 Å². The van der Waals surface area contributed by atoms with Crippen LogP contribution >= 0.6 is 22.7 Å². The van der Waals surface area contributed by atoms with Crippen LogP contribution in [0.2, 0.25) is 0 Å². The Labute approximate surface area is 301 Å². The van der Waals surface area contributed by atoms with Gasteiger partial charge in [0.1, 0.15) is 11.3 Å². The Kier molecular flexibility index (Phi) is 6.38. The van der Waals surface area contributed by atoms with Gasteiger partial charge in [-0.1, -0.05) is 109 Å². The van der Waals surface area contributed by atoms with Crippen LogP contribution in [0.15, 0.2) is 150 Å². The Hall–Kier alpha value is -5.95. The Morgan fingerprint density at radius 1 is 0.510 bits per heavy atom. The van der Waals surface area contributed by atoms with Crippen LogP contribution in [0.4, 0.5) is 0 Å². The predicted molar refractivity (Wildman–Crippen MR) is 213 cm³/mol. The molecule has 240 valence electrons. The molecule has 51 heavy (non-hydrogen) atoms. The average Bonchev–Trinajstić information content (AvgIpc) is 3.89. The zero-order valence-corrected chi connectivity index (χ0v) is 28.8. The molecular weight excluding hydrogens is 663 g/mol. The van der Waals surface area contributed by atoms with Crippen LogP contribution in [0.25, 0.3) is 79.7 Å². The summed E-state index contributed by atoms with van der Waals surface area (Å²) in [6.45, 7) is 0. The fourth-order valence-electron chi connectivity index (χ4n) is 7.75. The van der Waals surface area contributed by atoms with E-state index >= 15 is 0 Å². The lowest BCUT2D eigenvalue weighted by atomic mass is 9.82. The van der Waals surface area contributed by atoms with E-state index in [2.05, 4.69) is 121 Å². The Morgan fingerprint density at radius 2 is 1.16 bits per heavy atom. The first kappa shape index (κ1) is 28.8. The molecule has 6 heteroatoms. The Balaban J connectivity index is 1.12. The van der Waals surface area contributed by atoms with E-state index in [1.807, 2.05) is 46.9 Å². The summed E-state index contributed by atoms with van der Waals surface area (Å²) in [5, 5.41) is 6.14. The lowest BCUT2D eigenvalue weighted by molar-refractivity contribution is 0.517. The third-order valence-corrected chi connectivity index (χ3v) is 12.5. The zero-order chi connectivity index (χ0) is 33.5. The Bertz CT molecular complexity index is 3020. The molecule has 1 aliphatic carbocycles. The molecule has 0 saturated heterocycles. The summed E-state index contributed by atoms with van der Waals surface area (Å²) in [4.78, 5) is 15.5. The molecular formula is C45H27N3OS2. The summed E-state index contributed by atoms with van der Waals surface area (Å²) in [6, 6.07) is 49.1. The molecule has 0 fully saturated rings. The van der Waals surface area contributed by atoms with E-state index in [0.29, 0.717) is 17.5 Å².